The molecule has 1 atom stereocenters. The molecule has 0 bridgehead atoms. The van der Waals surface area contributed by atoms with E-state index in [0.29, 0.717) is 51.0 Å². The van der Waals surface area contributed by atoms with Crippen molar-refractivity contribution in [3.05, 3.63) is 63.6 Å². The third-order valence-electron chi connectivity index (χ3n) is 5.48. The van der Waals surface area contributed by atoms with Gasteiger partial charge < -0.3 is 15.8 Å². The number of rotatable bonds is 5. The third-order valence-corrected chi connectivity index (χ3v) is 6.22. The van der Waals surface area contributed by atoms with Gasteiger partial charge in [0.1, 0.15) is 16.9 Å². The van der Waals surface area contributed by atoms with E-state index in [1.54, 1.807) is 24.4 Å². The highest BCUT2D eigenvalue weighted by Gasteiger charge is 2.25. The molecule has 168 valence electrons. The highest BCUT2D eigenvalue weighted by atomic mass is 35.5. The lowest BCUT2D eigenvalue weighted by molar-refractivity contribution is 0.0859. The number of hydrogen-bond donors (Lipinski definition) is 2. The van der Waals surface area contributed by atoms with Gasteiger partial charge in [-0.15, -0.1) is 0 Å². The van der Waals surface area contributed by atoms with Crippen molar-refractivity contribution in [2.45, 2.75) is 18.9 Å². The third kappa shape index (κ3) is 4.25. The molecule has 8 nitrogen and oxygen atoms in total. The number of halogens is 2. The highest BCUT2D eigenvalue weighted by molar-refractivity contribution is 6.42. The number of nitrogens with one attached hydrogen (secondary N) is 1. The van der Waals surface area contributed by atoms with Gasteiger partial charge in [0.25, 0.3) is 5.91 Å². The minimum absolute atomic E-state index is 0.00288. The predicted octanol–water partition coefficient (Wildman–Crippen LogP) is 4.26. The largest absolute Gasteiger partial charge is 0.383 e. The normalized spacial score (nSPS) is 16.2. The monoisotopic (exact) mass is 482 g/mol. The summed E-state index contributed by atoms with van der Waals surface area (Å²) >= 11 is 12.1. The SMILES string of the molecule is Nc1c(C(=O)NCC2CCCO2)c2nc3ccccc3nc2n1/N=C/c1ccc(Cl)c(Cl)c1. The molecule has 2 aromatic carbocycles. The second kappa shape index (κ2) is 8.97. The van der Waals surface area contributed by atoms with Crippen molar-refractivity contribution in [1.29, 1.82) is 0 Å². The number of nitrogen functional groups attached to an aromatic ring is 1. The molecular formula is C23H20Cl2N6O2. The van der Waals surface area contributed by atoms with E-state index in [4.69, 9.17) is 33.7 Å². The summed E-state index contributed by atoms with van der Waals surface area (Å²) in [6, 6.07) is 12.6. The summed E-state index contributed by atoms with van der Waals surface area (Å²) in [5, 5.41) is 8.25. The molecule has 33 heavy (non-hydrogen) atoms. The number of nitrogens with two attached hydrogens (primary N) is 1. The minimum atomic E-state index is -0.346. The van der Waals surface area contributed by atoms with Crippen LogP contribution in [0, 0.1) is 0 Å². The number of benzene rings is 2. The Labute approximate surface area is 199 Å². The second-order valence-corrected chi connectivity index (χ2v) is 8.53. The van der Waals surface area contributed by atoms with Crippen LogP contribution in [0.3, 0.4) is 0 Å². The number of carbonyl (C=O) groups is 1. The molecule has 3 heterocycles. The second-order valence-electron chi connectivity index (χ2n) is 7.72. The quantitative estimate of drug-likeness (QED) is 0.413. The van der Waals surface area contributed by atoms with E-state index in [1.165, 1.54) is 4.68 Å². The lowest BCUT2D eigenvalue weighted by Gasteiger charge is -2.10. The molecule has 0 aliphatic carbocycles. The van der Waals surface area contributed by atoms with Gasteiger partial charge in [-0.05, 0) is 42.7 Å². The zero-order chi connectivity index (χ0) is 22.9. The Morgan fingerprint density at radius 2 is 2.00 bits per heavy atom. The molecule has 1 amide bonds. The Morgan fingerprint density at radius 1 is 1.21 bits per heavy atom. The zero-order valence-electron chi connectivity index (χ0n) is 17.5. The lowest BCUT2D eigenvalue weighted by atomic mass is 10.2. The summed E-state index contributed by atoms with van der Waals surface area (Å²) in [4.78, 5) is 22.5. The van der Waals surface area contributed by atoms with Gasteiger partial charge in [0.05, 0.1) is 33.4 Å². The van der Waals surface area contributed by atoms with E-state index in [-0.39, 0.29) is 23.4 Å². The fraction of sp³-hybridized carbons (Fsp3) is 0.217. The first-order chi connectivity index (χ1) is 16.0. The van der Waals surface area contributed by atoms with E-state index in [9.17, 15) is 4.79 Å². The van der Waals surface area contributed by atoms with Crippen molar-refractivity contribution in [3.63, 3.8) is 0 Å². The number of amides is 1. The van der Waals surface area contributed by atoms with E-state index in [2.05, 4.69) is 20.4 Å². The number of ether oxygens (including phenoxy) is 1. The number of para-hydroxylation sites is 2. The van der Waals surface area contributed by atoms with Crippen LogP contribution in [0.2, 0.25) is 10.0 Å². The maximum atomic E-state index is 13.1. The molecule has 4 aromatic rings. The standard InChI is InChI=1S/C23H20Cl2N6O2/c24-15-8-7-13(10-16(15)25)11-28-31-21(26)19(23(32)27-12-14-4-3-9-33-14)20-22(31)30-18-6-2-1-5-17(18)29-20/h1-2,5-8,10-11,14H,3-4,9,12,26H2,(H,27,32)/b28-11+. The van der Waals surface area contributed by atoms with Crippen LogP contribution in [0.5, 0.6) is 0 Å². The summed E-state index contributed by atoms with van der Waals surface area (Å²) in [6.45, 7) is 1.11. The number of aromatic nitrogens is 3. The summed E-state index contributed by atoms with van der Waals surface area (Å²) in [5.74, 6) is -0.206. The van der Waals surface area contributed by atoms with Crippen LogP contribution in [0.25, 0.3) is 22.2 Å². The van der Waals surface area contributed by atoms with Crippen LogP contribution in [-0.4, -0.2) is 46.0 Å². The Bertz CT molecular complexity index is 1390. The summed E-state index contributed by atoms with van der Waals surface area (Å²) < 4.78 is 7.02. The van der Waals surface area contributed by atoms with Crippen LogP contribution in [-0.2, 0) is 4.74 Å². The van der Waals surface area contributed by atoms with Gasteiger partial charge >= 0.3 is 0 Å². The maximum Gasteiger partial charge on any atom is 0.257 e. The Hall–Kier alpha value is -3.20. The van der Waals surface area contributed by atoms with Crippen molar-refractivity contribution in [3.8, 4) is 0 Å². The Morgan fingerprint density at radius 3 is 2.73 bits per heavy atom. The van der Waals surface area contributed by atoms with E-state index in [1.807, 2.05) is 24.3 Å². The molecule has 2 aromatic heterocycles. The molecule has 5 rings (SSSR count). The molecule has 1 unspecified atom stereocenters. The molecule has 3 N–H and O–H groups in total. The van der Waals surface area contributed by atoms with Crippen LogP contribution in [0.1, 0.15) is 28.8 Å². The van der Waals surface area contributed by atoms with E-state index >= 15 is 0 Å². The Kier molecular flexibility index (Phi) is 5.88. The van der Waals surface area contributed by atoms with Crippen molar-refractivity contribution in [2.75, 3.05) is 18.9 Å². The van der Waals surface area contributed by atoms with Crippen molar-refractivity contribution in [2.24, 2.45) is 5.10 Å². The first-order valence-corrected chi connectivity index (χ1v) is 11.2. The molecule has 1 aliphatic rings. The van der Waals surface area contributed by atoms with Crippen LogP contribution >= 0.6 is 23.2 Å². The van der Waals surface area contributed by atoms with Crippen LogP contribution < -0.4 is 11.1 Å². The molecule has 0 radical (unpaired) electrons. The van der Waals surface area contributed by atoms with E-state index < -0.39 is 0 Å². The predicted molar refractivity (Wildman–Crippen MR) is 130 cm³/mol. The number of carbonyl (C=O) groups excluding carboxylic acids is 1. The number of anilines is 1. The zero-order valence-corrected chi connectivity index (χ0v) is 19.0. The first kappa shape index (κ1) is 21.6. The highest BCUT2D eigenvalue weighted by Crippen LogP contribution is 2.28. The maximum absolute atomic E-state index is 13.1. The molecule has 10 heteroatoms. The summed E-state index contributed by atoms with van der Waals surface area (Å²) in [6.07, 6.45) is 3.48. The molecule has 1 fully saturated rings. The van der Waals surface area contributed by atoms with Gasteiger partial charge in [-0.3, -0.25) is 4.79 Å². The fourth-order valence-corrected chi connectivity index (χ4v) is 4.11. The van der Waals surface area contributed by atoms with Crippen molar-refractivity contribution >= 4 is 63.3 Å². The molecule has 0 spiro atoms. The van der Waals surface area contributed by atoms with Crippen molar-refractivity contribution < 1.29 is 9.53 Å². The topological polar surface area (TPSA) is 107 Å². The fourth-order valence-electron chi connectivity index (χ4n) is 3.81. The van der Waals surface area contributed by atoms with E-state index in [0.717, 1.165) is 12.8 Å². The Balaban J connectivity index is 1.59. The van der Waals surface area contributed by atoms with Gasteiger partial charge in [0.15, 0.2) is 5.65 Å². The van der Waals surface area contributed by atoms with Gasteiger partial charge in [-0.25, -0.2) is 9.97 Å². The summed E-state index contributed by atoms with van der Waals surface area (Å²) in [7, 11) is 0. The number of hydrogen-bond acceptors (Lipinski definition) is 6. The van der Waals surface area contributed by atoms with Crippen LogP contribution in [0.4, 0.5) is 5.82 Å². The average Bonchev–Trinajstić information content (AvgIpc) is 3.42. The van der Waals surface area contributed by atoms with Gasteiger partial charge in [-0.2, -0.15) is 9.78 Å². The first-order valence-electron chi connectivity index (χ1n) is 10.5. The summed E-state index contributed by atoms with van der Waals surface area (Å²) in [5.41, 5.74) is 9.43. The van der Waals surface area contributed by atoms with Gasteiger partial charge in [-0.1, -0.05) is 41.4 Å². The molecule has 1 saturated heterocycles. The number of nitrogens with zero attached hydrogens (tertiary/aromatic N) is 4. The molecular weight excluding hydrogens is 463 g/mol. The lowest BCUT2D eigenvalue weighted by Crippen LogP contribution is -2.32. The van der Waals surface area contributed by atoms with Gasteiger partial charge in [0, 0.05) is 13.2 Å². The van der Waals surface area contributed by atoms with Crippen molar-refractivity contribution in [1.82, 2.24) is 20.0 Å². The van der Waals surface area contributed by atoms with Crippen LogP contribution in [0.15, 0.2) is 47.6 Å². The molecule has 0 saturated carbocycles. The smallest absolute Gasteiger partial charge is 0.257 e. The van der Waals surface area contributed by atoms with Gasteiger partial charge in [0.2, 0.25) is 0 Å². The minimum Gasteiger partial charge on any atom is -0.383 e. The molecule has 1 aliphatic heterocycles. The average molecular weight is 483 g/mol. The number of fused-ring (bicyclic) bond motifs is 2.